The molecule has 0 radical (unpaired) electrons. The van der Waals surface area contributed by atoms with Crippen molar-refractivity contribution in [3.05, 3.63) is 59.7 Å². The van der Waals surface area contributed by atoms with Crippen molar-refractivity contribution in [2.75, 3.05) is 7.11 Å². The minimum Gasteiger partial charge on any atom is -0.508 e. The number of allylic oxidation sites excluding steroid dienone is 1. The summed E-state index contributed by atoms with van der Waals surface area (Å²) < 4.78 is 4.94. The molecule has 0 aromatic heterocycles. The van der Waals surface area contributed by atoms with Crippen LogP contribution in [0.25, 0.3) is 6.08 Å². The topological polar surface area (TPSA) is 66.8 Å². The molecule has 102 valence electrons. The molecule has 0 saturated heterocycles. The van der Waals surface area contributed by atoms with Crippen LogP contribution in [-0.4, -0.2) is 23.1 Å². The summed E-state index contributed by atoms with van der Waals surface area (Å²) in [6.45, 7) is 0. The van der Waals surface area contributed by atoms with Crippen molar-refractivity contribution in [2.45, 2.75) is 0 Å². The lowest BCUT2D eigenvalue weighted by atomic mass is 10.1. The molecule has 4 heteroatoms. The lowest BCUT2D eigenvalue weighted by molar-refractivity contribution is 0.104. The molecule has 0 amide bonds. The first-order valence-corrected chi connectivity index (χ1v) is 5.98. The van der Waals surface area contributed by atoms with Gasteiger partial charge in [-0.1, -0.05) is 24.3 Å². The average Bonchev–Trinajstić information content (AvgIpc) is 2.45. The number of rotatable bonds is 4. The number of hydrogen-bond acceptors (Lipinski definition) is 4. The maximum Gasteiger partial charge on any atom is 0.185 e. The molecule has 2 rings (SSSR count). The highest BCUT2D eigenvalue weighted by Gasteiger charge is 2.03. The summed E-state index contributed by atoms with van der Waals surface area (Å²) in [6, 6.07) is 11.0. The third-order valence-corrected chi connectivity index (χ3v) is 2.76. The summed E-state index contributed by atoms with van der Waals surface area (Å²) >= 11 is 0. The van der Waals surface area contributed by atoms with E-state index in [0.717, 1.165) is 0 Å². The number of ether oxygens (including phenoxy) is 1. The average molecular weight is 270 g/mol. The van der Waals surface area contributed by atoms with E-state index < -0.39 is 0 Å². The molecule has 0 aliphatic rings. The van der Waals surface area contributed by atoms with E-state index in [1.165, 1.54) is 31.4 Å². The Morgan fingerprint density at radius 2 is 1.95 bits per heavy atom. The van der Waals surface area contributed by atoms with E-state index in [1.54, 1.807) is 30.3 Å². The molecular weight excluding hydrogens is 256 g/mol. The molecule has 2 aromatic carbocycles. The van der Waals surface area contributed by atoms with Crippen LogP contribution in [0.15, 0.2) is 48.5 Å². The van der Waals surface area contributed by atoms with Crippen molar-refractivity contribution in [3.8, 4) is 17.2 Å². The van der Waals surface area contributed by atoms with E-state index >= 15 is 0 Å². The van der Waals surface area contributed by atoms with Gasteiger partial charge < -0.3 is 14.9 Å². The van der Waals surface area contributed by atoms with Crippen molar-refractivity contribution >= 4 is 11.9 Å². The zero-order valence-electron chi connectivity index (χ0n) is 10.9. The number of methoxy groups -OCH3 is 1. The van der Waals surface area contributed by atoms with Gasteiger partial charge in [-0.05, 0) is 35.9 Å². The Morgan fingerprint density at radius 3 is 2.60 bits per heavy atom. The van der Waals surface area contributed by atoms with Gasteiger partial charge in [0.25, 0.3) is 0 Å². The summed E-state index contributed by atoms with van der Waals surface area (Å²) in [4.78, 5) is 11.9. The normalized spacial score (nSPS) is 10.7. The first-order chi connectivity index (χ1) is 9.60. The predicted octanol–water partition coefficient (Wildman–Crippen LogP) is 3.00. The first-order valence-electron chi connectivity index (χ1n) is 5.98. The van der Waals surface area contributed by atoms with Crippen molar-refractivity contribution in [1.29, 1.82) is 0 Å². The largest absolute Gasteiger partial charge is 0.508 e. The van der Waals surface area contributed by atoms with E-state index in [9.17, 15) is 15.0 Å². The molecule has 20 heavy (non-hydrogen) atoms. The fourth-order valence-corrected chi connectivity index (χ4v) is 1.74. The Hall–Kier alpha value is -2.75. The Morgan fingerprint density at radius 1 is 1.15 bits per heavy atom. The van der Waals surface area contributed by atoms with Gasteiger partial charge in [0.1, 0.15) is 5.75 Å². The van der Waals surface area contributed by atoms with Crippen molar-refractivity contribution in [3.63, 3.8) is 0 Å². The predicted molar refractivity (Wildman–Crippen MR) is 76.1 cm³/mol. The molecule has 0 spiro atoms. The van der Waals surface area contributed by atoms with Gasteiger partial charge in [0, 0.05) is 5.56 Å². The third-order valence-electron chi connectivity index (χ3n) is 2.76. The second-order valence-corrected chi connectivity index (χ2v) is 4.18. The molecule has 0 fully saturated rings. The lowest BCUT2D eigenvalue weighted by Crippen LogP contribution is -1.93. The van der Waals surface area contributed by atoms with E-state index in [2.05, 4.69) is 0 Å². The Kier molecular flexibility index (Phi) is 4.05. The lowest BCUT2D eigenvalue weighted by Gasteiger charge is -2.03. The van der Waals surface area contributed by atoms with Crippen LogP contribution in [0.2, 0.25) is 0 Å². The summed E-state index contributed by atoms with van der Waals surface area (Å²) in [5.74, 6) is 0.212. The first kappa shape index (κ1) is 13.7. The molecule has 2 N–H and O–H groups in total. The van der Waals surface area contributed by atoms with Crippen LogP contribution in [0.3, 0.4) is 0 Å². The number of ketones is 1. The molecule has 0 atom stereocenters. The van der Waals surface area contributed by atoms with E-state index in [0.29, 0.717) is 16.9 Å². The molecule has 0 heterocycles. The summed E-state index contributed by atoms with van der Waals surface area (Å²) in [5, 5.41) is 19.0. The van der Waals surface area contributed by atoms with Gasteiger partial charge in [-0.25, -0.2) is 0 Å². The fraction of sp³-hybridized carbons (Fsp3) is 0.0625. The van der Waals surface area contributed by atoms with Gasteiger partial charge in [-0.2, -0.15) is 0 Å². The van der Waals surface area contributed by atoms with Crippen LogP contribution in [0.4, 0.5) is 0 Å². The maximum absolute atomic E-state index is 11.9. The van der Waals surface area contributed by atoms with E-state index in [-0.39, 0.29) is 17.3 Å². The minimum atomic E-state index is -0.226. The van der Waals surface area contributed by atoms with Gasteiger partial charge in [0.15, 0.2) is 17.3 Å². The fourth-order valence-electron chi connectivity index (χ4n) is 1.74. The van der Waals surface area contributed by atoms with Crippen LogP contribution in [0.1, 0.15) is 15.9 Å². The second-order valence-electron chi connectivity index (χ2n) is 4.18. The van der Waals surface area contributed by atoms with Crippen LogP contribution >= 0.6 is 0 Å². The number of benzene rings is 2. The molecule has 0 aliphatic carbocycles. The van der Waals surface area contributed by atoms with Gasteiger partial charge in [-0.15, -0.1) is 0 Å². The smallest absolute Gasteiger partial charge is 0.185 e. The van der Waals surface area contributed by atoms with Crippen molar-refractivity contribution in [2.24, 2.45) is 0 Å². The SMILES string of the molecule is COc1ccc(/C=C/C(=O)c2cccc(O)c2)cc1O. The number of carbonyl (C=O) groups is 1. The maximum atomic E-state index is 11.9. The molecule has 0 bridgehead atoms. The zero-order chi connectivity index (χ0) is 14.5. The molecule has 0 aliphatic heterocycles. The van der Waals surface area contributed by atoms with Gasteiger partial charge in [-0.3, -0.25) is 4.79 Å². The summed E-state index contributed by atoms with van der Waals surface area (Å²) in [5.41, 5.74) is 1.08. The highest BCUT2D eigenvalue weighted by atomic mass is 16.5. The number of aromatic hydroxyl groups is 2. The van der Waals surface area contributed by atoms with Gasteiger partial charge in [0.05, 0.1) is 7.11 Å². The highest BCUT2D eigenvalue weighted by molar-refractivity contribution is 6.07. The van der Waals surface area contributed by atoms with Crippen molar-refractivity contribution in [1.82, 2.24) is 0 Å². The molecule has 4 nitrogen and oxygen atoms in total. The molecule has 2 aromatic rings. The minimum absolute atomic E-state index is 0.0134. The Bertz CT molecular complexity index is 659. The van der Waals surface area contributed by atoms with Crippen LogP contribution in [-0.2, 0) is 0 Å². The molecule has 0 saturated carbocycles. The van der Waals surface area contributed by atoms with E-state index in [4.69, 9.17) is 4.74 Å². The van der Waals surface area contributed by atoms with Gasteiger partial charge >= 0.3 is 0 Å². The van der Waals surface area contributed by atoms with E-state index in [1.807, 2.05) is 0 Å². The van der Waals surface area contributed by atoms with Crippen LogP contribution < -0.4 is 4.74 Å². The quantitative estimate of drug-likeness (QED) is 0.662. The standard InChI is InChI=1S/C16H14O4/c1-20-16-8-6-11(9-15(16)19)5-7-14(18)12-3-2-4-13(17)10-12/h2-10,17,19H,1H3/b7-5+. The number of phenolic OH excluding ortho intramolecular Hbond substituents is 2. The highest BCUT2D eigenvalue weighted by Crippen LogP contribution is 2.26. The Balaban J connectivity index is 2.17. The number of phenols is 2. The number of hydrogen-bond donors (Lipinski definition) is 2. The summed E-state index contributed by atoms with van der Waals surface area (Å²) in [7, 11) is 1.47. The van der Waals surface area contributed by atoms with Crippen LogP contribution in [0, 0.1) is 0 Å². The molecular formula is C16H14O4. The van der Waals surface area contributed by atoms with Crippen LogP contribution in [0.5, 0.6) is 17.2 Å². The van der Waals surface area contributed by atoms with Gasteiger partial charge in [0.2, 0.25) is 0 Å². The summed E-state index contributed by atoms with van der Waals surface area (Å²) in [6.07, 6.45) is 2.97. The number of carbonyl (C=O) groups excluding carboxylic acids is 1. The second kappa shape index (κ2) is 5.93. The third kappa shape index (κ3) is 3.17. The zero-order valence-corrected chi connectivity index (χ0v) is 10.9. The monoisotopic (exact) mass is 270 g/mol. The Labute approximate surface area is 116 Å². The molecule has 0 unspecified atom stereocenters. The van der Waals surface area contributed by atoms with Crippen molar-refractivity contribution < 1.29 is 19.7 Å².